The fourth-order valence-electron chi connectivity index (χ4n) is 3.20. The van der Waals surface area contributed by atoms with Crippen molar-refractivity contribution < 1.29 is 5.11 Å². The third-order valence-corrected chi connectivity index (χ3v) is 5.46. The van der Waals surface area contributed by atoms with Crippen LogP contribution in [-0.2, 0) is 6.42 Å². The molecular weight excluding hydrogens is 374 g/mol. The molecule has 1 aromatic carbocycles. The van der Waals surface area contributed by atoms with Gasteiger partial charge in [0, 0.05) is 50.1 Å². The molecule has 4 rings (SSSR count). The zero-order chi connectivity index (χ0) is 19.2. The monoisotopic (exact) mass is 397 g/mol. The van der Waals surface area contributed by atoms with E-state index in [1.807, 2.05) is 24.3 Å². The highest BCUT2D eigenvalue weighted by Crippen LogP contribution is 2.22. The van der Waals surface area contributed by atoms with Crippen LogP contribution in [0.1, 0.15) is 5.56 Å². The second-order valence-electron chi connectivity index (χ2n) is 6.64. The molecule has 0 radical (unpaired) electrons. The van der Waals surface area contributed by atoms with Crippen LogP contribution in [0, 0.1) is 0 Å². The minimum Gasteiger partial charge on any atom is -0.394 e. The zero-order valence-corrected chi connectivity index (χ0v) is 16.3. The van der Waals surface area contributed by atoms with Gasteiger partial charge in [-0.1, -0.05) is 30.3 Å². The number of piperazine rings is 1. The largest absolute Gasteiger partial charge is 0.394 e. The van der Waals surface area contributed by atoms with Crippen molar-refractivity contribution in [2.24, 2.45) is 0 Å². The van der Waals surface area contributed by atoms with Gasteiger partial charge in [0.25, 0.3) is 0 Å². The first-order valence-corrected chi connectivity index (χ1v) is 10.1. The van der Waals surface area contributed by atoms with E-state index in [1.165, 1.54) is 17.1 Å². The van der Waals surface area contributed by atoms with Crippen LogP contribution in [0.2, 0.25) is 0 Å². The number of hydrogen-bond acceptors (Lipinski definition) is 9. The molecular formula is C19H23N7OS. The normalized spacial score (nSPS) is 15.5. The van der Waals surface area contributed by atoms with Gasteiger partial charge in [-0.3, -0.25) is 0 Å². The molecule has 1 unspecified atom stereocenters. The smallest absolute Gasteiger partial charge is 0.236 e. The Labute approximate surface area is 168 Å². The molecule has 9 heteroatoms. The molecule has 0 bridgehead atoms. The molecule has 3 aromatic rings. The van der Waals surface area contributed by atoms with Gasteiger partial charge in [-0.05, 0) is 18.1 Å². The molecule has 1 aliphatic heterocycles. The standard InChI is InChI=1S/C19H23N7OS/c27-14-16(13-15-5-2-1-3-6-15)22-17-23-19(28-24-17)26-11-9-25(10-12-26)18-20-7-4-8-21-18/h1-8,16,27H,9-14H2,(H,22,24). The molecule has 0 saturated carbocycles. The van der Waals surface area contributed by atoms with E-state index in [4.69, 9.17) is 0 Å². The predicted molar refractivity (Wildman–Crippen MR) is 111 cm³/mol. The summed E-state index contributed by atoms with van der Waals surface area (Å²) in [6, 6.07) is 11.8. The highest BCUT2D eigenvalue weighted by Gasteiger charge is 2.22. The summed E-state index contributed by atoms with van der Waals surface area (Å²) in [7, 11) is 0. The third-order valence-electron chi connectivity index (χ3n) is 4.68. The van der Waals surface area contributed by atoms with E-state index in [0.717, 1.165) is 43.7 Å². The van der Waals surface area contributed by atoms with Crippen molar-refractivity contribution in [3.05, 3.63) is 54.4 Å². The lowest BCUT2D eigenvalue weighted by atomic mass is 10.1. The van der Waals surface area contributed by atoms with Gasteiger partial charge in [-0.25, -0.2) is 9.97 Å². The van der Waals surface area contributed by atoms with E-state index < -0.39 is 0 Å². The second kappa shape index (κ2) is 8.94. The van der Waals surface area contributed by atoms with E-state index in [-0.39, 0.29) is 12.6 Å². The summed E-state index contributed by atoms with van der Waals surface area (Å²) in [6.45, 7) is 3.42. The Morgan fingerprint density at radius 1 is 1.00 bits per heavy atom. The number of rotatable bonds is 7. The summed E-state index contributed by atoms with van der Waals surface area (Å²) in [5.74, 6) is 1.34. The molecule has 28 heavy (non-hydrogen) atoms. The summed E-state index contributed by atoms with van der Waals surface area (Å²) in [4.78, 5) is 17.7. The highest BCUT2D eigenvalue weighted by molar-refractivity contribution is 7.09. The Morgan fingerprint density at radius 3 is 2.43 bits per heavy atom. The van der Waals surface area contributed by atoms with Gasteiger partial charge in [0.05, 0.1) is 12.6 Å². The van der Waals surface area contributed by atoms with Crippen LogP contribution in [0.15, 0.2) is 48.8 Å². The van der Waals surface area contributed by atoms with Crippen LogP contribution in [0.5, 0.6) is 0 Å². The Bertz CT molecular complexity index is 853. The minimum absolute atomic E-state index is 0.0270. The lowest BCUT2D eigenvalue weighted by molar-refractivity contribution is 0.273. The van der Waals surface area contributed by atoms with E-state index in [9.17, 15) is 5.11 Å². The molecule has 1 fully saturated rings. The summed E-state index contributed by atoms with van der Waals surface area (Å²) < 4.78 is 4.43. The van der Waals surface area contributed by atoms with Crippen LogP contribution in [0.4, 0.5) is 17.0 Å². The number of nitrogens with zero attached hydrogens (tertiary/aromatic N) is 6. The molecule has 3 heterocycles. The first-order valence-electron chi connectivity index (χ1n) is 9.34. The van der Waals surface area contributed by atoms with Crippen molar-refractivity contribution in [3.63, 3.8) is 0 Å². The number of aliphatic hydroxyl groups is 1. The molecule has 1 aliphatic rings. The van der Waals surface area contributed by atoms with Gasteiger partial charge in [0.1, 0.15) is 0 Å². The highest BCUT2D eigenvalue weighted by atomic mass is 32.1. The van der Waals surface area contributed by atoms with Crippen molar-refractivity contribution in [3.8, 4) is 0 Å². The average molecular weight is 398 g/mol. The van der Waals surface area contributed by atoms with E-state index in [1.54, 1.807) is 12.4 Å². The van der Waals surface area contributed by atoms with E-state index >= 15 is 0 Å². The van der Waals surface area contributed by atoms with Gasteiger partial charge >= 0.3 is 0 Å². The average Bonchev–Trinajstić information content (AvgIpc) is 3.23. The molecule has 1 saturated heterocycles. The van der Waals surface area contributed by atoms with Crippen LogP contribution in [0.25, 0.3) is 0 Å². The van der Waals surface area contributed by atoms with E-state index in [0.29, 0.717) is 5.95 Å². The number of aromatic nitrogens is 4. The Hall–Kier alpha value is -2.78. The number of anilines is 3. The SMILES string of the molecule is OCC(Cc1ccccc1)Nc1nsc(N2CCN(c3ncccn3)CC2)n1. The molecule has 8 nitrogen and oxygen atoms in total. The predicted octanol–water partition coefficient (Wildman–Crippen LogP) is 1.67. The Morgan fingerprint density at radius 2 is 1.71 bits per heavy atom. The maximum absolute atomic E-state index is 9.70. The number of aliphatic hydroxyl groups excluding tert-OH is 1. The number of hydrogen-bond donors (Lipinski definition) is 2. The van der Waals surface area contributed by atoms with Gasteiger partial charge in [0.15, 0.2) is 0 Å². The quantitative estimate of drug-likeness (QED) is 0.622. The molecule has 0 aliphatic carbocycles. The fraction of sp³-hybridized carbons (Fsp3) is 0.368. The first-order chi connectivity index (χ1) is 13.8. The zero-order valence-electron chi connectivity index (χ0n) is 15.5. The summed E-state index contributed by atoms with van der Waals surface area (Å²) in [5.41, 5.74) is 1.17. The minimum atomic E-state index is -0.114. The lowest BCUT2D eigenvalue weighted by Gasteiger charge is -2.34. The van der Waals surface area contributed by atoms with Crippen molar-refractivity contribution >= 4 is 28.6 Å². The molecule has 0 spiro atoms. The van der Waals surface area contributed by atoms with Gasteiger partial charge in [-0.2, -0.15) is 9.36 Å². The van der Waals surface area contributed by atoms with Crippen LogP contribution >= 0.6 is 11.5 Å². The Balaban J connectivity index is 1.33. The first kappa shape index (κ1) is 18.6. The van der Waals surface area contributed by atoms with E-state index in [2.05, 4.69) is 46.6 Å². The van der Waals surface area contributed by atoms with Crippen LogP contribution < -0.4 is 15.1 Å². The molecule has 146 valence electrons. The van der Waals surface area contributed by atoms with Crippen molar-refractivity contribution in [2.75, 3.05) is 47.9 Å². The molecule has 2 aromatic heterocycles. The maximum atomic E-state index is 9.70. The third kappa shape index (κ3) is 4.55. The van der Waals surface area contributed by atoms with Gasteiger partial charge < -0.3 is 20.2 Å². The van der Waals surface area contributed by atoms with Crippen LogP contribution in [0.3, 0.4) is 0 Å². The molecule has 2 N–H and O–H groups in total. The summed E-state index contributed by atoms with van der Waals surface area (Å²) in [5, 5.41) is 13.8. The Kier molecular flexibility index (Phi) is 5.93. The number of nitrogens with one attached hydrogen (secondary N) is 1. The maximum Gasteiger partial charge on any atom is 0.236 e. The topological polar surface area (TPSA) is 90.3 Å². The molecule has 1 atom stereocenters. The van der Waals surface area contributed by atoms with Crippen molar-refractivity contribution in [1.29, 1.82) is 0 Å². The van der Waals surface area contributed by atoms with Gasteiger partial charge in [0.2, 0.25) is 17.0 Å². The summed E-state index contributed by atoms with van der Waals surface area (Å²) >= 11 is 1.38. The number of benzene rings is 1. The van der Waals surface area contributed by atoms with Crippen LogP contribution in [-0.4, -0.2) is 63.3 Å². The second-order valence-corrected chi connectivity index (χ2v) is 7.37. The fourth-order valence-corrected chi connectivity index (χ4v) is 3.88. The van der Waals surface area contributed by atoms with Gasteiger partial charge in [-0.15, -0.1) is 0 Å². The lowest BCUT2D eigenvalue weighted by Crippen LogP contribution is -2.47. The van der Waals surface area contributed by atoms with Crippen molar-refractivity contribution in [2.45, 2.75) is 12.5 Å². The van der Waals surface area contributed by atoms with Crippen molar-refractivity contribution in [1.82, 2.24) is 19.3 Å². The summed E-state index contributed by atoms with van der Waals surface area (Å²) in [6.07, 6.45) is 4.26. The molecule has 0 amide bonds.